The molecule has 2 nitrogen and oxygen atoms in total. The quantitative estimate of drug-likeness (QED) is 0.885. The lowest BCUT2D eigenvalue weighted by Gasteiger charge is -2.28. The van der Waals surface area contributed by atoms with E-state index in [1.807, 2.05) is 0 Å². The molecule has 0 aromatic heterocycles. The largest absolute Gasteiger partial charge is 0.378 e. The molecule has 1 aromatic carbocycles. The number of benzene rings is 1. The van der Waals surface area contributed by atoms with E-state index >= 15 is 0 Å². The van der Waals surface area contributed by atoms with E-state index in [0.717, 1.165) is 25.9 Å². The molecule has 116 valence electrons. The first kappa shape index (κ1) is 15.1. The lowest BCUT2D eigenvalue weighted by atomic mass is 9.83. The van der Waals surface area contributed by atoms with E-state index in [2.05, 4.69) is 25.1 Å². The first-order chi connectivity index (χ1) is 10.1. The Kier molecular flexibility index (Phi) is 4.66. The maximum atomic E-state index is 6.62. The summed E-state index contributed by atoms with van der Waals surface area (Å²) in [5.41, 5.74) is 10.8. The second-order valence-corrected chi connectivity index (χ2v) is 7.14. The second kappa shape index (κ2) is 6.50. The highest BCUT2D eigenvalue weighted by atomic mass is 16.5. The van der Waals surface area contributed by atoms with Crippen LogP contribution in [0.2, 0.25) is 0 Å². The van der Waals surface area contributed by atoms with Crippen LogP contribution >= 0.6 is 0 Å². The lowest BCUT2D eigenvalue weighted by Crippen LogP contribution is -2.33. The van der Waals surface area contributed by atoms with E-state index < -0.39 is 0 Å². The summed E-state index contributed by atoms with van der Waals surface area (Å²) in [6, 6.07) is 6.95. The molecule has 1 aliphatic carbocycles. The minimum absolute atomic E-state index is 0.203. The van der Waals surface area contributed by atoms with E-state index in [-0.39, 0.29) is 5.54 Å². The average molecular weight is 287 g/mol. The Hall–Kier alpha value is -0.860. The van der Waals surface area contributed by atoms with Crippen LogP contribution in [-0.2, 0) is 23.1 Å². The zero-order valence-electron chi connectivity index (χ0n) is 13.4. The Morgan fingerprint density at radius 2 is 2.00 bits per heavy atom. The average Bonchev–Trinajstić information content (AvgIpc) is 3.00. The van der Waals surface area contributed by atoms with Gasteiger partial charge in [0.25, 0.3) is 0 Å². The molecule has 1 heterocycles. The maximum absolute atomic E-state index is 6.62. The van der Waals surface area contributed by atoms with E-state index in [9.17, 15) is 0 Å². The zero-order valence-corrected chi connectivity index (χ0v) is 13.4. The third-order valence-corrected chi connectivity index (χ3v) is 5.25. The van der Waals surface area contributed by atoms with E-state index in [1.165, 1.54) is 49.7 Å². The number of ether oxygens (including phenoxy) is 1. The van der Waals surface area contributed by atoms with Gasteiger partial charge in [0.05, 0.1) is 6.10 Å². The van der Waals surface area contributed by atoms with Gasteiger partial charge in [0.2, 0.25) is 0 Å². The van der Waals surface area contributed by atoms with Crippen molar-refractivity contribution < 1.29 is 4.74 Å². The summed E-state index contributed by atoms with van der Waals surface area (Å²) < 4.78 is 5.71. The van der Waals surface area contributed by atoms with Crippen molar-refractivity contribution in [3.8, 4) is 0 Å². The van der Waals surface area contributed by atoms with Gasteiger partial charge in [0, 0.05) is 12.1 Å². The first-order valence-electron chi connectivity index (χ1n) is 8.68. The third-order valence-electron chi connectivity index (χ3n) is 5.25. The maximum Gasteiger partial charge on any atom is 0.0576 e. The molecule has 1 aromatic rings. The number of nitrogens with two attached hydrogens (primary N) is 1. The summed E-state index contributed by atoms with van der Waals surface area (Å²) in [5, 5.41) is 0. The van der Waals surface area contributed by atoms with Crippen molar-refractivity contribution >= 4 is 0 Å². The van der Waals surface area contributed by atoms with Crippen LogP contribution < -0.4 is 5.73 Å². The normalized spacial score (nSPS) is 24.6. The van der Waals surface area contributed by atoms with Gasteiger partial charge in [-0.1, -0.05) is 18.2 Å². The summed E-state index contributed by atoms with van der Waals surface area (Å²) >= 11 is 0. The molecule has 2 N–H and O–H groups in total. The van der Waals surface area contributed by atoms with Crippen molar-refractivity contribution in [3.05, 3.63) is 34.9 Å². The topological polar surface area (TPSA) is 35.2 Å². The Bertz CT molecular complexity index is 474. The molecule has 0 spiro atoms. The Balaban J connectivity index is 1.60. The monoisotopic (exact) mass is 287 g/mol. The van der Waals surface area contributed by atoms with Crippen LogP contribution in [0.1, 0.15) is 68.6 Å². The minimum Gasteiger partial charge on any atom is -0.378 e. The second-order valence-electron chi connectivity index (χ2n) is 7.14. The standard InChI is InChI=1S/C19H29NO/c1-19(20,12-4-8-18-9-5-13-21-18)17-11-10-15-6-2-3-7-16(15)14-17/h10-11,14,18H,2-9,12-13,20H2,1H3. The van der Waals surface area contributed by atoms with Gasteiger partial charge in [-0.05, 0) is 81.4 Å². The molecule has 2 atom stereocenters. The van der Waals surface area contributed by atoms with Gasteiger partial charge in [-0.3, -0.25) is 0 Å². The van der Waals surface area contributed by atoms with Gasteiger partial charge in [-0.2, -0.15) is 0 Å². The SMILES string of the molecule is CC(N)(CCCC1CCCO1)c1ccc2c(c1)CCCC2. The first-order valence-corrected chi connectivity index (χ1v) is 8.68. The fourth-order valence-electron chi connectivity index (χ4n) is 3.80. The Morgan fingerprint density at radius 1 is 1.19 bits per heavy atom. The highest BCUT2D eigenvalue weighted by Crippen LogP contribution is 2.30. The van der Waals surface area contributed by atoms with Gasteiger partial charge < -0.3 is 10.5 Å². The number of hydrogen-bond donors (Lipinski definition) is 1. The summed E-state index contributed by atoms with van der Waals surface area (Å²) in [7, 11) is 0. The van der Waals surface area contributed by atoms with E-state index in [4.69, 9.17) is 10.5 Å². The van der Waals surface area contributed by atoms with Gasteiger partial charge in [-0.25, -0.2) is 0 Å². The van der Waals surface area contributed by atoms with Crippen LogP contribution in [0.4, 0.5) is 0 Å². The van der Waals surface area contributed by atoms with Crippen molar-refractivity contribution in [1.29, 1.82) is 0 Å². The van der Waals surface area contributed by atoms with Crippen molar-refractivity contribution in [1.82, 2.24) is 0 Å². The number of rotatable bonds is 5. The van der Waals surface area contributed by atoms with Crippen molar-refractivity contribution in [2.45, 2.75) is 76.4 Å². The fraction of sp³-hybridized carbons (Fsp3) is 0.684. The lowest BCUT2D eigenvalue weighted by molar-refractivity contribution is 0.100. The molecule has 0 bridgehead atoms. The summed E-state index contributed by atoms with van der Waals surface area (Å²) in [5.74, 6) is 0. The van der Waals surface area contributed by atoms with Crippen LogP contribution in [0.5, 0.6) is 0 Å². The molecule has 0 saturated carbocycles. The van der Waals surface area contributed by atoms with E-state index in [0.29, 0.717) is 6.10 Å². The molecular weight excluding hydrogens is 258 g/mol. The van der Waals surface area contributed by atoms with Crippen LogP contribution in [-0.4, -0.2) is 12.7 Å². The van der Waals surface area contributed by atoms with Gasteiger partial charge in [0.15, 0.2) is 0 Å². The van der Waals surface area contributed by atoms with Gasteiger partial charge >= 0.3 is 0 Å². The van der Waals surface area contributed by atoms with Gasteiger partial charge in [0.1, 0.15) is 0 Å². The van der Waals surface area contributed by atoms with Crippen molar-refractivity contribution in [3.63, 3.8) is 0 Å². The number of hydrogen-bond acceptors (Lipinski definition) is 2. The molecule has 2 unspecified atom stereocenters. The van der Waals surface area contributed by atoms with Crippen LogP contribution in [0.25, 0.3) is 0 Å². The number of fused-ring (bicyclic) bond motifs is 1. The Labute approximate surface area is 129 Å². The minimum atomic E-state index is -0.203. The predicted octanol–water partition coefficient (Wildman–Crippen LogP) is 4.09. The molecule has 3 rings (SSSR count). The summed E-state index contributed by atoms with van der Waals surface area (Å²) in [4.78, 5) is 0. The molecule has 1 saturated heterocycles. The van der Waals surface area contributed by atoms with E-state index in [1.54, 1.807) is 5.56 Å². The smallest absolute Gasteiger partial charge is 0.0576 e. The molecule has 2 heteroatoms. The number of aryl methyl sites for hydroxylation is 2. The molecule has 1 aliphatic heterocycles. The van der Waals surface area contributed by atoms with Crippen LogP contribution in [0, 0.1) is 0 Å². The van der Waals surface area contributed by atoms with Crippen LogP contribution in [0.15, 0.2) is 18.2 Å². The zero-order chi connectivity index (χ0) is 14.7. The molecular formula is C19H29NO. The highest BCUT2D eigenvalue weighted by Gasteiger charge is 2.24. The molecule has 2 aliphatic rings. The van der Waals surface area contributed by atoms with Crippen molar-refractivity contribution in [2.24, 2.45) is 5.73 Å². The summed E-state index contributed by atoms with van der Waals surface area (Å²) in [6.07, 6.45) is 11.5. The Morgan fingerprint density at radius 3 is 2.76 bits per heavy atom. The van der Waals surface area contributed by atoms with Gasteiger partial charge in [-0.15, -0.1) is 0 Å². The van der Waals surface area contributed by atoms with Crippen molar-refractivity contribution in [2.75, 3.05) is 6.61 Å². The van der Waals surface area contributed by atoms with Crippen LogP contribution in [0.3, 0.4) is 0 Å². The molecule has 0 radical (unpaired) electrons. The highest BCUT2D eigenvalue weighted by molar-refractivity contribution is 5.36. The molecule has 21 heavy (non-hydrogen) atoms. The third kappa shape index (κ3) is 3.67. The molecule has 1 fully saturated rings. The summed E-state index contributed by atoms with van der Waals surface area (Å²) in [6.45, 7) is 3.14. The predicted molar refractivity (Wildman–Crippen MR) is 87.4 cm³/mol. The molecule has 0 amide bonds. The fourth-order valence-corrected chi connectivity index (χ4v) is 3.80.